The van der Waals surface area contributed by atoms with Gasteiger partial charge in [0.1, 0.15) is 5.15 Å². The lowest BCUT2D eigenvalue weighted by Crippen LogP contribution is -2.23. The van der Waals surface area contributed by atoms with Crippen molar-refractivity contribution in [3.05, 3.63) is 21.0 Å². The summed E-state index contributed by atoms with van der Waals surface area (Å²) in [6.45, 7) is 0.947. The summed E-state index contributed by atoms with van der Waals surface area (Å²) in [4.78, 5) is 4.03. The van der Waals surface area contributed by atoms with Crippen molar-refractivity contribution in [3.8, 4) is 0 Å². The minimum absolute atomic E-state index is 0.0817. The van der Waals surface area contributed by atoms with Gasteiger partial charge in [0.05, 0.1) is 15.4 Å². The molecular formula is C12H16ClIN2O. The fourth-order valence-electron chi connectivity index (χ4n) is 2.15. The zero-order valence-electron chi connectivity index (χ0n) is 9.50. The maximum Gasteiger partial charge on any atom is 0.131 e. The molecule has 0 spiro atoms. The van der Waals surface area contributed by atoms with Gasteiger partial charge in [-0.15, -0.1) is 0 Å². The molecule has 1 aliphatic rings. The van der Waals surface area contributed by atoms with Crippen molar-refractivity contribution in [2.45, 2.75) is 31.8 Å². The van der Waals surface area contributed by atoms with Gasteiger partial charge >= 0.3 is 0 Å². The van der Waals surface area contributed by atoms with Gasteiger partial charge in [0.15, 0.2) is 0 Å². The largest absolute Gasteiger partial charge is 0.393 e. The van der Waals surface area contributed by atoms with E-state index in [1.165, 1.54) is 0 Å². The van der Waals surface area contributed by atoms with Crippen molar-refractivity contribution in [2.24, 2.45) is 5.92 Å². The number of rotatable bonds is 3. The monoisotopic (exact) mass is 366 g/mol. The van der Waals surface area contributed by atoms with Gasteiger partial charge in [-0.2, -0.15) is 0 Å². The molecule has 0 aromatic carbocycles. The second-order valence-corrected chi connectivity index (χ2v) is 6.09. The lowest BCUT2D eigenvalue weighted by atomic mass is 9.87. The number of aliphatic hydroxyl groups is 1. The molecule has 1 heterocycles. The van der Waals surface area contributed by atoms with E-state index in [4.69, 9.17) is 11.6 Å². The number of hydrogen-bond acceptors (Lipinski definition) is 3. The molecule has 3 nitrogen and oxygen atoms in total. The SMILES string of the molecule is OC1CCC(CNc2cc(Cl)ncc2I)CC1. The maximum atomic E-state index is 9.45. The Kier molecular flexibility index (Phi) is 4.87. The van der Waals surface area contributed by atoms with Gasteiger partial charge in [-0.25, -0.2) is 4.98 Å². The summed E-state index contributed by atoms with van der Waals surface area (Å²) < 4.78 is 1.09. The number of nitrogens with one attached hydrogen (secondary N) is 1. The molecule has 5 heteroatoms. The highest BCUT2D eigenvalue weighted by Gasteiger charge is 2.19. The van der Waals surface area contributed by atoms with Crippen LogP contribution in [0.15, 0.2) is 12.3 Å². The first-order valence-electron chi connectivity index (χ1n) is 5.88. The predicted molar refractivity (Wildman–Crippen MR) is 78.4 cm³/mol. The lowest BCUT2D eigenvalue weighted by molar-refractivity contribution is 0.111. The fraction of sp³-hybridized carbons (Fsp3) is 0.583. The fourth-order valence-corrected chi connectivity index (χ4v) is 2.80. The zero-order valence-corrected chi connectivity index (χ0v) is 12.4. The van der Waals surface area contributed by atoms with Crippen molar-refractivity contribution in [1.29, 1.82) is 0 Å². The van der Waals surface area contributed by atoms with Crippen molar-refractivity contribution in [2.75, 3.05) is 11.9 Å². The molecule has 1 aromatic rings. The van der Waals surface area contributed by atoms with E-state index >= 15 is 0 Å². The number of nitrogens with zero attached hydrogens (tertiary/aromatic N) is 1. The van der Waals surface area contributed by atoms with E-state index in [9.17, 15) is 5.11 Å². The van der Waals surface area contributed by atoms with Crippen LogP contribution in [-0.2, 0) is 0 Å². The van der Waals surface area contributed by atoms with Crippen LogP contribution in [0.5, 0.6) is 0 Å². The van der Waals surface area contributed by atoms with E-state index in [1.807, 2.05) is 6.07 Å². The number of halogens is 2. The minimum Gasteiger partial charge on any atom is -0.393 e. The molecule has 0 amide bonds. The van der Waals surface area contributed by atoms with E-state index in [0.29, 0.717) is 11.1 Å². The van der Waals surface area contributed by atoms with E-state index in [0.717, 1.165) is 41.5 Å². The molecule has 1 aromatic heterocycles. The third-order valence-corrected chi connectivity index (χ3v) is 4.29. The Morgan fingerprint density at radius 2 is 2.12 bits per heavy atom. The molecule has 0 aliphatic heterocycles. The van der Waals surface area contributed by atoms with E-state index < -0.39 is 0 Å². The Labute approximate surface area is 120 Å². The first kappa shape index (κ1) is 13.4. The van der Waals surface area contributed by atoms with Crippen molar-refractivity contribution in [1.82, 2.24) is 4.98 Å². The van der Waals surface area contributed by atoms with Crippen LogP contribution in [0, 0.1) is 9.49 Å². The van der Waals surface area contributed by atoms with Crippen molar-refractivity contribution in [3.63, 3.8) is 0 Å². The lowest BCUT2D eigenvalue weighted by Gasteiger charge is -2.26. The van der Waals surface area contributed by atoms with Crippen LogP contribution < -0.4 is 5.32 Å². The molecule has 0 radical (unpaired) electrons. The Bertz CT molecular complexity index is 381. The molecule has 0 unspecified atom stereocenters. The van der Waals surface area contributed by atoms with Crippen LogP contribution in [0.2, 0.25) is 5.15 Å². The van der Waals surface area contributed by atoms with Gasteiger partial charge < -0.3 is 10.4 Å². The van der Waals surface area contributed by atoms with E-state index in [1.54, 1.807) is 6.20 Å². The van der Waals surface area contributed by atoms with Gasteiger partial charge in [0, 0.05) is 12.7 Å². The molecule has 94 valence electrons. The van der Waals surface area contributed by atoms with E-state index in [2.05, 4.69) is 32.9 Å². The molecule has 2 rings (SSSR count). The summed E-state index contributed by atoms with van der Waals surface area (Å²) in [5.41, 5.74) is 1.05. The molecule has 1 fully saturated rings. The normalized spacial score (nSPS) is 24.6. The number of anilines is 1. The zero-order chi connectivity index (χ0) is 12.3. The Balaban J connectivity index is 1.87. The smallest absolute Gasteiger partial charge is 0.131 e. The van der Waals surface area contributed by atoms with Gasteiger partial charge in [-0.05, 0) is 60.3 Å². The molecule has 0 bridgehead atoms. The van der Waals surface area contributed by atoms with Crippen LogP contribution in [0.1, 0.15) is 25.7 Å². The van der Waals surface area contributed by atoms with Crippen LogP contribution in [0.3, 0.4) is 0 Å². The topological polar surface area (TPSA) is 45.1 Å². The highest BCUT2D eigenvalue weighted by molar-refractivity contribution is 14.1. The summed E-state index contributed by atoms with van der Waals surface area (Å²) in [5, 5.41) is 13.4. The maximum absolute atomic E-state index is 9.45. The number of pyridine rings is 1. The van der Waals surface area contributed by atoms with Gasteiger partial charge in [0.2, 0.25) is 0 Å². The Morgan fingerprint density at radius 1 is 1.41 bits per heavy atom. The minimum atomic E-state index is -0.0817. The highest BCUT2D eigenvalue weighted by atomic mass is 127. The number of hydrogen-bond donors (Lipinski definition) is 2. The Morgan fingerprint density at radius 3 is 2.82 bits per heavy atom. The average Bonchev–Trinajstić information content (AvgIpc) is 2.32. The summed E-state index contributed by atoms with van der Waals surface area (Å²) in [5.74, 6) is 0.654. The van der Waals surface area contributed by atoms with Gasteiger partial charge in [-0.1, -0.05) is 11.6 Å². The van der Waals surface area contributed by atoms with Crippen molar-refractivity contribution < 1.29 is 5.11 Å². The van der Waals surface area contributed by atoms with Crippen LogP contribution in [0.25, 0.3) is 0 Å². The second kappa shape index (κ2) is 6.20. The van der Waals surface area contributed by atoms with Crippen molar-refractivity contribution >= 4 is 39.9 Å². The highest BCUT2D eigenvalue weighted by Crippen LogP contribution is 2.26. The summed E-state index contributed by atoms with van der Waals surface area (Å²) >= 11 is 8.12. The third kappa shape index (κ3) is 3.96. The van der Waals surface area contributed by atoms with Gasteiger partial charge in [-0.3, -0.25) is 0 Å². The average molecular weight is 367 g/mol. The standard InChI is InChI=1S/C12H16ClIN2O/c13-12-5-11(10(14)7-16-12)15-6-8-1-3-9(17)4-2-8/h5,7-9,17H,1-4,6H2,(H,15,16). The molecule has 2 N–H and O–H groups in total. The van der Waals surface area contributed by atoms with Crippen LogP contribution in [-0.4, -0.2) is 22.7 Å². The molecule has 1 saturated carbocycles. The molecule has 0 atom stereocenters. The summed E-state index contributed by atoms with van der Waals surface area (Å²) in [6.07, 6.45) is 5.76. The Hall–Kier alpha value is -0.0700. The molecule has 1 aliphatic carbocycles. The summed E-state index contributed by atoms with van der Waals surface area (Å²) in [6, 6.07) is 1.86. The summed E-state index contributed by atoms with van der Waals surface area (Å²) in [7, 11) is 0. The molecular weight excluding hydrogens is 351 g/mol. The van der Waals surface area contributed by atoms with Crippen LogP contribution >= 0.6 is 34.2 Å². The number of aromatic nitrogens is 1. The second-order valence-electron chi connectivity index (χ2n) is 4.54. The first-order chi connectivity index (χ1) is 8.15. The van der Waals surface area contributed by atoms with Gasteiger partial charge in [0.25, 0.3) is 0 Å². The number of aliphatic hydroxyl groups excluding tert-OH is 1. The third-order valence-electron chi connectivity index (χ3n) is 3.22. The van der Waals surface area contributed by atoms with E-state index in [-0.39, 0.29) is 6.10 Å². The quantitative estimate of drug-likeness (QED) is 0.637. The predicted octanol–water partition coefficient (Wildman–Crippen LogP) is 3.30. The molecule has 17 heavy (non-hydrogen) atoms. The van der Waals surface area contributed by atoms with Crippen LogP contribution in [0.4, 0.5) is 5.69 Å². The molecule has 0 saturated heterocycles. The first-order valence-corrected chi connectivity index (χ1v) is 7.34.